The average molecular weight is 571 g/mol. The van der Waals surface area contributed by atoms with Gasteiger partial charge in [0.1, 0.15) is 11.8 Å². The van der Waals surface area contributed by atoms with Crippen molar-refractivity contribution < 1.29 is 29.0 Å². The molecule has 0 unspecified atom stereocenters. The molecular weight excluding hydrogens is 540 g/mol. The Hall–Kier alpha value is -5.57. The molecule has 4 rings (SSSR count). The molecule has 0 spiro atoms. The number of nitrogens with zero attached hydrogens (tertiary/aromatic N) is 4. The van der Waals surface area contributed by atoms with Gasteiger partial charge < -0.3 is 30.5 Å². The van der Waals surface area contributed by atoms with Gasteiger partial charge in [-0.05, 0) is 69.7 Å². The minimum Gasteiger partial charge on any atom is -0.478 e. The molecule has 0 saturated carbocycles. The predicted octanol–water partition coefficient (Wildman–Crippen LogP) is 4.24. The number of carboxylic acids is 1. The number of carbonyl (C=O) groups excluding carboxylic acids is 2. The van der Waals surface area contributed by atoms with E-state index in [1.54, 1.807) is 76.2 Å². The molecule has 2 heterocycles. The Bertz CT molecular complexity index is 1700. The summed E-state index contributed by atoms with van der Waals surface area (Å²) in [6, 6.07) is 15.9. The lowest BCUT2D eigenvalue weighted by atomic mass is 10.1. The summed E-state index contributed by atoms with van der Waals surface area (Å²) < 4.78 is 13.6. The molecule has 0 aliphatic heterocycles. The van der Waals surface area contributed by atoms with Crippen molar-refractivity contribution >= 4 is 34.7 Å². The van der Waals surface area contributed by atoms with E-state index >= 15 is 0 Å². The van der Waals surface area contributed by atoms with Gasteiger partial charge in [-0.1, -0.05) is 12.1 Å². The van der Waals surface area contributed by atoms with Crippen molar-refractivity contribution in [2.75, 3.05) is 18.4 Å². The fourth-order valence-corrected chi connectivity index (χ4v) is 4.43. The minimum absolute atomic E-state index is 0.0884. The van der Waals surface area contributed by atoms with Crippen LogP contribution in [0, 0.1) is 18.3 Å². The number of likely N-dealkylation sites (N-methyl/N-ethyl adjacent to an activating group) is 1. The second-order valence-corrected chi connectivity index (χ2v) is 9.91. The highest BCUT2D eigenvalue weighted by molar-refractivity contribution is 5.96. The quantitative estimate of drug-likeness (QED) is 0.238. The van der Waals surface area contributed by atoms with Crippen molar-refractivity contribution in [2.45, 2.75) is 33.3 Å². The largest absolute Gasteiger partial charge is 0.478 e. The summed E-state index contributed by atoms with van der Waals surface area (Å²) >= 11 is 0. The highest BCUT2D eigenvalue weighted by atomic mass is 16.5. The van der Waals surface area contributed by atoms with Gasteiger partial charge in [-0.15, -0.1) is 0 Å². The zero-order valence-corrected chi connectivity index (χ0v) is 23.5. The van der Waals surface area contributed by atoms with Crippen molar-refractivity contribution in [1.82, 2.24) is 14.5 Å². The van der Waals surface area contributed by atoms with Crippen LogP contribution < -0.4 is 20.5 Å². The van der Waals surface area contributed by atoms with E-state index in [0.29, 0.717) is 46.2 Å². The number of rotatable bonds is 11. The van der Waals surface area contributed by atoms with Crippen molar-refractivity contribution in [3.05, 3.63) is 77.6 Å². The van der Waals surface area contributed by atoms with E-state index in [0.717, 1.165) is 0 Å². The predicted molar refractivity (Wildman–Crippen MR) is 154 cm³/mol. The fourth-order valence-electron chi connectivity index (χ4n) is 4.43. The van der Waals surface area contributed by atoms with Gasteiger partial charge in [0.15, 0.2) is 17.1 Å². The van der Waals surface area contributed by atoms with Crippen molar-refractivity contribution in [1.29, 1.82) is 5.26 Å². The molecule has 0 fully saturated rings. The van der Waals surface area contributed by atoms with E-state index < -0.39 is 23.4 Å². The van der Waals surface area contributed by atoms with E-state index in [-0.39, 0.29) is 17.7 Å². The van der Waals surface area contributed by atoms with Gasteiger partial charge >= 0.3 is 5.97 Å². The number of ether oxygens (including phenoxy) is 2. The third-order valence-corrected chi connectivity index (χ3v) is 6.50. The van der Waals surface area contributed by atoms with Gasteiger partial charge in [0, 0.05) is 18.4 Å². The van der Waals surface area contributed by atoms with Crippen LogP contribution in [0.1, 0.15) is 42.3 Å². The number of amides is 2. The molecule has 2 amide bonds. The Morgan fingerprint density at radius 3 is 2.40 bits per heavy atom. The van der Waals surface area contributed by atoms with E-state index in [2.05, 4.69) is 16.5 Å². The second-order valence-electron chi connectivity index (χ2n) is 9.91. The topological polar surface area (TPSA) is 172 Å². The summed E-state index contributed by atoms with van der Waals surface area (Å²) in [5, 5.41) is 26.5. The lowest BCUT2D eigenvalue weighted by Gasteiger charge is -2.31. The molecule has 12 nitrogen and oxygen atoms in total. The number of benzene rings is 2. The van der Waals surface area contributed by atoms with E-state index in [1.807, 2.05) is 0 Å². The van der Waals surface area contributed by atoms with Crippen LogP contribution in [0.25, 0.3) is 5.52 Å². The molecule has 0 bridgehead atoms. The normalized spacial score (nSPS) is 11.0. The Kier molecular flexibility index (Phi) is 8.33. The number of aromatic carboxylic acids is 1. The first-order chi connectivity index (χ1) is 19.9. The van der Waals surface area contributed by atoms with Gasteiger partial charge in [0.05, 0.1) is 35.1 Å². The summed E-state index contributed by atoms with van der Waals surface area (Å²) in [4.78, 5) is 37.4. The molecule has 2 aromatic carbocycles. The number of primary amides is 1. The highest BCUT2D eigenvalue weighted by Gasteiger charge is 2.35. The van der Waals surface area contributed by atoms with Crippen LogP contribution in [0.3, 0.4) is 0 Å². The smallest absolute Gasteiger partial charge is 0.337 e. The Labute approximate surface area is 241 Å². The number of carboxylic acid groups (broad SMARTS) is 1. The molecule has 0 aliphatic carbocycles. The Balaban J connectivity index is 1.56. The molecule has 0 saturated heterocycles. The number of anilines is 2. The molecule has 4 aromatic rings. The third kappa shape index (κ3) is 6.10. The number of hydrogen-bond acceptors (Lipinski definition) is 8. The Morgan fingerprint density at radius 2 is 1.81 bits per heavy atom. The van der Waals surface area contributed by atoms with Crippen LogP contribution in [-0.4, -0.2) is 56.1 Å². The zero-order valence-electron chi connectivity index (χ0n) is 23.5. The number of carbonyl (C=O) groups is 3. The molecule has 0 aliphatic rings. The molecule has 216 valence electrons. The molecular formula is C30H30N6O6. The van der Waals surface area contributed by atoms with Crippen LogP contribution in [0.4, 0.5) is 11.4 Å². The number of para-hydroxylation sites is 2. The first-order valence-electron chi connectivity index (χ1n) is 13.0. The maximum Gasteiger partial charge on any atom is 0.337 e. The Morgan fingerprint density at radius 1 is 1.14 bits per heavy atom. The van der Waals surface area contributed by atoms with Gasteiger partial charge in [0.25, 0.3) is 5.91 Å². The lowest BCUT2D eigenvalue weighted by Crippen LogP contribution is -2.51. The number of fused-ring (bicyclic) bond motifs is 1. The lowest BCUT2D eigenvalue weighted by molar-refractivity contribution is -0.147. The summed E-state index contributed by atoms with van der Waals surface area (Å²) in [6.45, 7) is 6.70. The summed E-state index contributed by atoms with van der Waals surface area (Å²) in [5.41, 5.74) is 6.31. The maximum atomic E-state index is 13.1. The molecule has 0 radical (unpaired) electrons. The number of aryl methyl sites for hydroxylation is 1. The summed E-state index contributed by atoms with van der Waals surface area (Å²) in [7, 11) is 0. The van der Waals surface area contributed by atoms with Gasteiger partial charge in [-0.25, -0.2) is 9.31 Å². The zero-order chi connectivity index (χ0) is 30.6. The van der Waals surface area contributed by atoms with Gasteiger partial charge in [-0.3, -0.25) is 9.59 Å². The molecule has 42 heavy (non-hydrogen) atoms. The maximum absolute atomic E-state index is 13.1. The van der Waals surface area contributed by atoms with Crippen LogP contribution >= 0.6 is 0 Å². The van der Waals surface area contributed by atoms with Crippen molar-refractivity contribution in [3.63, 3.8) is 0 Å². The fraction of sp³-hybridized carbons (Fsp3) is 0.233. The molecule has 0 atom stereocenters. The minimum atomic E-state index is -1.32. The van der Waals surface area contributed by atoms with Crippen LogP contribution in [0.15, 0.2) is 60.9 Å². The van der Waals surface area contributed by atoms with Crippen molar-refractivity contribution in [2.24, 2.45) is 5.73 Å². The van der Waals surface area contributed by atoms with E-state index in [4.69, 9.17) is 15.2 Å². The number of nitrogens with one attached hydrogen (secondary N) is 1. The van der Waals surface area contributed by atoms with Gasteiger partial charge in [0.2, 0.25) is 5.91 Å². The third-order valence-electron chi connectivity index (χ3n) is 6.50. The second kappa shape index (κ2) is 11.9. The molecule has 2 aromatic heterocycles. The van der Waals surface area contributed by atoms with Crippen LogP contribution in [-0.2, 0) is 9.59 Å². The number of hydrogen-bond donors (Lipinski definition) is 3. The average Bonchev–Trinajstić information content (AvgIpc) is 3.30. The first-order valence-corrected chi connectivity index (χ1v) is 13.0. The highest BCUT2D eigenvalue weighted by Crippen LogP contribution is 2.35. The van der Waals surface area contributed by atoms with Crippen LogP contribution in [0.5, 0.6) is 17.2 Å². The van der Waals surface area contributed by atoms with Crippen LogP contribution in [0.2, 0.25) is 0 Å². The van der Waals surface area contributed by atoms with Gasteiger partial charge in [-0.2, -0.15) is 10.4 Å². The van der Waals surface area contributed by atoms with Crippen molar-refractivity contribution in [3.8, 4) is 23.3 Å². The molecule has 4 N–H and O–H groups in total. The standard InChI is InChI=1S/C30H30N6O6/c1-5-35(17-25(32)37)29(40)30(3,4)42-24-9-7-6-8-23(24)41-21-12-10-20(11-13-21)34-26-19(14-31)15-33-36-16-22(28(38)39)18(2)27(26)36/h6-13,15-16,34H,5,17H2,1-4H3,(H2,32,37)(H,38,39). The van der Waals surface area contributed by atoms with E-state index in [9.17, 15) is 24.8 Å². The summed E-state index contributed by atoms with van der Waals surface area (Å²) in [5.74, 6) is -0.946. The number of nitriles is 1. The SMILES string of the molecule is CCN(CC(N)=O)C(=O)C(C)(C)Oc1ccccc1Oc1ccc(Nc2c(C#N)cnn3cc(C(=O)O)c(C)c23)cc1. The monoisotopic (exact) mass is 570 g/mol. The first kappa shape index (κ1) is 29.4. The number of nitrogens with two attached hydrogens (primary N) is 1. The summed E-state index contributed by atoms with van der Waals surface area (Å²) in [6.07, 6.45) is 2.77. The molecule has 12 heteroatoms. The van der Waals surface area contributed by atoms with E-state index in [1.165, 1.54) is 21.8 Å². The number of aromatic nitrogens is 2.